The van der Waals surface area contributed by atoms with Crippen molar-refractivity contribution in [2.75, 3.05) is 0 Å². The van der Waals surface area contributed by atoms with Crippen LogP contribution in [-0.2, 0) is 0 Å². The molecule has 2 nitrogen and oxygen atoms in total. The minimum absolute atomic E-state index is 0.945. The van der Waals surface area contributed by atoms with Crippen molar-refractivity contribution in [3.63, 3.8) is 0 Å². The molecule has 1 heterocycles. The van der Waals surface area contributed by atoms with Crippen molar-refractivity contribution in [1.82, 2.24) is 9.78 Å². The zero-order valence-corrected chi connectivity index (χ0v) is 23.8. The molecule has 0 saturated carbocycles. The first-order valence-electron chi connectivity index (χ1n) is 12.3. The Labute approximate surface area is 212 Å². The smallest absolute Gasteiger partial charge is 0.0861 e. The van der Waals surface area contributed by atoms with Gasteiger partial charge in [0.1, 0.15) is 0 Å². The van der Waals surface area contributed by atoms with E-state index in [1.165, 1.54) is 21.5 Å². The fraction of sp³-hybridized carbons (Fsp3) is 0.194. The van der Waals surface area contributed by atoms with E-state index in [1.807, 2.05) is 10.7 Å². The van der Waals surface area contributed by atoms with Gasteiger partial charge in [-0.25, -0.2) is 4.68 Å². The zero-order valence-electron chi connectivity index (χ0n) is 21.8. The lowest BCUT2D eigenvalue weighted by molar-refractivity contribution is 0.867. The molecular formula is C31H36N2Si2. The number of aromatic nitrogens is 2. The van der Waals surface area contributed by atoms with Crippen LogP contribution < -0.4 is 10.4 Å². The molecule has 4 aromatic rings. The van der Waals surface area contributed by atoms with E-state index >= 15 is 0 Å². The average molecular weight is 493 g/mol. The van der Waals surface area contributed by atoms with Crippen LogP contribution in [0.1, 0.15) is 22.5 Å². The minimum Gasteiger partial charge on any atom is -0.233 e. The molecule has 0 aliphatic heterocycles. The molecule has 0 atom stereocenters. The summed E-state index contributed by atoms with van der Waals surface area (Å²) >= 11 is 0. The number of benzene rings is 3. The topological polar surface area (TPSA) is 17.8 Å². The molecule has 0 N–H and O–H groups in total. The molecule has 0 fully saturated rings. The summed E-state index contributed by atoms with van der Waals surface area (Å²) in [6.07, 6.45) is 8.62. The van der Waals surface area contributed by atoms with Crippen molar-refractivity contribution in [1.29, 1.82) is 0 Å². The third kappa shape index (κ3) is 6.47. The molecule has 0 bridgehead atoms. The van der Waals surface area contributed by atoms with E-state index in [2.05, 4.69) is 142 Å². The van der Waals surface area contributed by atoms with Gasteiger partial charge in [0.15, 0.2) is 0 Å². The van der Waals surface area contributed by atoms with Crippen molar-refractivity contribution < 1.29 is 0 Å². The first kappa shape index (κ1) is 24.9. The van der Waals surface area contributed by atoms with Crippen LogP contribution in [0.4, 0.5) is 0 Å². The van der Waals surface area contributed by atoms with Gasteiger partial charge in [0.05, 0.1) is 33.2 Å². The molecular weight excluding hydrogens is 457 g/mol. The lowest BCUT2D eigenvalue weighted by Gasteiger charge is -2.16. The zero-order chi connectivity index (χ0) is 25.1. The van der Waals surface area contributed by atoms with Crippen LogP contribution in [-0.4, -0.2) is 25.9 Å². The van der Waals surface area contributed by atoms with E-state index in [0.29, 0.717) is 0 Å². The van der Waals surface area contributed by atoms with E-state index in [4.69, 9.17) is 5.10 Å². The highest BCUT2D eigenvalue weighted by Gasteiger charge is 2.16. The predicted molar refractivity (Wildman–Crippen MR) is 160 cm³/mol. The molecule has 0 saturated heterocycles. The van der Waals surface area contributed by atoms with Gasteiger partial charge in [0.2, 0.25) is 0 Å². The van der Waals surface area contributed by atoms with Crippen molar-refractivity contribution in [3.05, 3.63) is 107 Å². The highest BCUT2D eigenvalue weighted by atomic mass is 28.3. The number of hydrogen-bond donors (Lipinski definition) is 0. The molecule has 0 unspecified atom stereocenters. The Morgan fingerprint density at radius 2 is 1.23 bits per heavy atom. The summed E-state index contributed by atoms with van der Waals surface area (Å²) in [6.45, 7) is 14.3. The number of hydrogen-bond acceptors (Lipinski definition) is 1. The maximum absolute atomic E-state index is 4.92. The van der Waals surface area contributed by atoms with Crippen LogP contribution in [0.5, 0.6) is 0 Å². The standard InChI is InChI=1S/C31H36N2Si2/c1-34(2,3)30-21-17-25(18-22-30)16-20-29-24-27(32-33(29)28-12-8-7-9-13-28)19-15-26-11-10-14-31(23-26)35(4,5)6/h7-24H,1-6H3. The summed E-state index contributed by atoms with van der Waals surface area (Å²) in [5.41, 5.74) is 5.48. The van der Waals surface area contributed by atoms with Gasteiger partial charge in [-0.1, -0.05) is 129 Å². The molecule has 4 heteroatoms. The lowest BCUT2D eigenvalue weighted by atomic mass is 10.2. The molecule has 0 radical (unpaired) electrons. The lowest BCUT2D eigenvalue weighted by Crippen LogP contribution is -2.37. The van der Waals surface area contributed by atoms with Crippen molar-refractivity contribution in [2.45, 2.75) is 39.3 Å². The second-order valence-electron chi connectivity index (χ2n) is 11.2. The number of nitrogens with zero attached hydrogens (tertiary/aromatic N) is 2. The molecule has 178 valence electrons. The Bertz CT molecular complexity index is 1330. The maximum Gasteiger partial charge on any atom is 0.0861 e. The third-order valence-corrected chi connectivity index (χ3v) is 10.3. The van der Waals surface area contributed by atoms with Crippen molar-refractivity contribution in [2.24, 2.45) is 0 Å². The van der Waals surface area contributed by atoms with Crippen molar-refractivity contribution >= 4 is 50.8 Å². The van der Waals surface area contributed by atoms with Crippen molar-refractivity contribution in [3.8, 4) is 5.69 Å². The normalized spacial score (nSPS) is 12.6. The fourth-order valence-electron chi connectivity index (χ4n) is 3.96. The van der Waals surface area contributed by atoms with Crippen LogP contribution in [0, 0.1) is 0 Å². The Morgan fingerprint density at radius 3 is 1.89 bits per heavy atom. The third-order valence-electron chi connectivity index (χ3n) is 6.18. The van der Waals surface area contributed by atoms with Gasteiger partial charge in [-0.2, -0.15) is 5.10 Å². The summed E-state index contributed by atoms with van der Waals surface area (Å²) in [5, 5.41) is 7.87. The molecule has 0 amide bonds. The highest BCUT2D eigenvalue weighted by molar-refractivity contribution is 6.89. The molecule has 0 spiro atoms. The van der Waals surface area contributed by atoms with E-state index < -0.39 is 16.1 Å². The van der Waals surface area contributed by atoms with E-state index in [-0.39, 0.29) is 0 Å². The second-order valence-corrected chi connectivity index (χ2v) is 21.3. The van der Waals surface area contributed by atoms with Gasteiger partial charge in [-0.3, -0.25) is 0 Å². The number of para-hydroxylation sites is 1. The summed E-state index contributed by atoms with van der Waals surface area (Å²) in [6, 6.07) is 30.4. The Kier molecular flexibility index (Phi) is 7.24. The van der Waals surface area contributed by atoms with Crippen LogP contribution >= 0.6 is 0 Å². The van der Waals surface area contributed by atoms with Crippen LogP contribution in [0.15, 0.2) is 84.9 Å². The Hall–Kier alpha value is -3.22. The summed E-state index contributed by atoms with van der Waals surface area (Å²) in [4.78, 5) is 0. The minimum atomic E-state index is -1.34. The Balaban J connectivity index is 1.64. The van der Waals surface area contributed by atoms with Crippen LogP contribution in [0.3, 0.4) is 0 Å². The molecule has 1 aromatic heterocycles. The first-order chi connectivity index (χ1) is 16.6. The maximum atomic E-state index is 4.92. The summed E-state index contributed by atoms with van der Waals surface area (Å²) in [7, 11) is -2.63. The first-order valence-corrected chi connectivity index (χ1v) is 19.3. The van der Waals surface area contributed by atoms with E-state index in [9.17, 15) is 0 Å². The van der Waals surface area contributed by atoms with Gasteiger partial charge < -0.3 is 0 Å². The molecule has 35 heavy (non-hydrogen) atoms. The van der Waals surface area contributed by atoms with Gasteiger partial charge in [-0.15, -0.1) is 0 Å². The molecule has 3 aromatic carbocycles. The summed E-state index contributed by atoms with van der Waals surface area (Å²) in [5.74, 6) is 0. The highest BCUT2D eigenvalue weighted by Crippen LogP contribution is 2.18. The molecule has 0 aliphatic rings. The van der Waals surface area contributed by atoms with E-state index in [1.54, 1.807) is 0 Å². The Morgan fingerprint density at radius 1 is 0.571 bits per heavy atom. The fourth-order valence-corrected chi connectivity index (χ4v) is 6.32. The van der Waals surface area contributed by atoms with Crippen LogP contribution in [0.25, 0.3) is 30.0 Å². The second kappa shape index (κ2) is 10.2. The summed E-state index contributed by atoms with van der Waals surface area (Å²) < 4.78 is 2.02. The van der Waals surface area contributed by atoms with Crippen LogP contribution in [0.2, 0.25) is 39.3 Å². The van der Waals surface area contributed by atoms with Gasteiger partial charge in [0, 0.05) is 0 Å². The quantitative estimate of drug-likeness (QED) is 0.247. The van der Waals surface area contributed by atoms with Gasteiger partial charge in [-0.05, 0) is 41.5 Å². The van der Waals surface area contributed by atoms with Gasteiger partial charge in [0.25, 0.3) is 0 Å². The van der Waals surface area contributed by atoms with Gasteiger partial charge >= 0.3 is 0 Å². The largest absolute Gasteiger partial charge is 0.233 e. The average Bonchev–Trinajstić information content (AvgIpc) is 3.24. The number of rotatable bonds is 7. The molecule has 4 rings (SSSR count). The molecule has 0 aliphatic carbocycles. The predicted octanol–water partition coefficient (Wildman–Crippen LogP) is 7.30. The monoisotopic (exact) mass is 492 g/mol. The SMILES string of the molecule is C[Si](C)(C)c1ccc(C=Cc2cc(C=Cc3cccc([Si](C)(C)C)c3)nn2-c2ccccc2)cc1. The van der Waals surface area contributed by atoms with E-state index in [0.717, 1.165) is 17.1 Å².